The summed E-state index contributed by atoms with van der Waals surface area (Å²) in [6.45, 7) is 20.1. The van der Waals surface area contributed by atoms with Gasteiger partial charge in [-0.15, -0.1) is 0 Å². The molecule has 0 aromatic carbocycles. The fourth-order valence-corrected chi connectivity index (χ4v) is 5.64. The molecule has 0 amide bonds. The summed E-state index contributed by atoms with van der Waals surface area (Å²) >= 11 is 0. The van der Waals surface area contributed by atoms with E-state index in [0.29, 0.717) is 28.5 Å². The average Bonchev–Trinajstić information content (AvgIpc) is 3.51. The second-order valence-corrected chi connectivity index (χ2v) is 10.9. The molecule has 0 saturated carbocycles. The number of carbonyl (C=O) groups is 2. The van der Waals surface area contributed by atoms with Crippen molar-refractivity contribution in [2.24, 2.45) is 0 Å². The SMILES string of the molecule is C=Cc1c2[nH]c(c1C)C=c1[nH]c(c(C)c1C=C)=CC(=N)/C(C)=C(/CCC(=O)O)C(=C)/C=c1\[nH]/c(c(C)c1CCC(=O)O)=C\2. The number of aromatic nitrogens is 3. The minimum absolute atomic E-state index is 0.0490. The van der Waals surface area contributed by atoms with Gasteiger partial charge in [-0.25, -0.2) is 0 Å². The van der Waals surface area contributed by atoms with Crippen molar-refractivity contribution in [1.82, 2.24) is 15.0 Å². The van der Waals surface area contributed by atoms with Crippen molar-refractivity contribution in [2.45, 2.75) is 53.4 Å². The second kappa shape index (κ2) is 12.4. The van der Waals surface area contributed by atoms with Crippen LogP contribution in [0.3, 0.4) is 0 Å². The minimum Gasteiger partial charge on any atom is -0.481 e. The quantitative estimate of drug-likeness (QED) is 0.241. The van der Waals surface area contributed by atoms with Crippen LogP contribution in [0.1, 0.15) is 71.0 Å². The molecule has 222 valence electrons. The largest absolute Gasteiger partial charge is 0.481 e. The highest BCUT2D eigenvalue weighted by Crippen LogP contribution is 2.23. The van der Waals surface area contributed by atoms with Gasteiger partial charge < -0.3 is 30.6 Å². The summed E-state index contributed by atoms with van der Waals surface area (Å²) in [7, 11) is 0. The number of hydrogen-bond acceptors (Lipinski definition) is 3. The van der Waals surface area contributed by atoms with Crippen LogP contribution >= 0.6 is 0 Å². The summed E-state index contributed by atoms with van der Waals surface area (Å²) in [6, 6.07) is 0. The van der Waals surface area contributed by atoms with Crippen molar-refractivity contribution in [3.05, 3.63) is 103 Å². The van der Waals surface area contributed by atoms with Gasteiger partial charge >= 0.3 is 11.9 Å². The first-order chi connectivity index (χ1) is 20.4. The van der Waals surface area contributed by atoms with Gasteiger partial charge in [0.1, 0.15) is 0 Å². The van der Waals surface area contributed by atoms with Crippen LogP contribution in [0.15, 0.2) is 36.5 Å². The monoisotopic (exact) mass is 578 g/mol. The minimum atomic E-state index is -0.948. The number of aliphatic carboxylic acids is 2. The topological polar surface area (TPSA) is 146 Å². The molecule has 0 aliphatic carbocycles. The molecule has 0 unspecified atom stereocenters. The summed E-state index contributed by atoms with van der Waals surface area (Å²) in [5.74, 6) is -1.85. The van der Waals surface area contributed by atoms with Crippen LogP contribution in [0.2, 0.25) is 0 Å². The molecule has 0 atom stereocenters. The molecule has 8 heteroatoms. The van der Waals surface area contributed by atoms with Gasteiger partial charge in [-0.1, -0.05) is 31.9 Å². The van der Waals surface area contributed by atoms with E-state index in [1.807, 2.05) is 45.1 Å². The molecule has 4 rings (SSSR count). The third kappa shape index (κ3) is 6.23. The number of nitrogens with one attached hydrogen (secondary N) is 4. The highest BCUT2D eigenvalue weighted by atomic mass is 16.4. The number of allylic oxidation sites excluding steroid dienone is 3. The Balaban J connectivity index is 2.15. The summed E-state index contributed by atoms with van der Waals surface area (Å²) in [6.07, 6.45) is 11.5. The van der Waals surface area contributed by atoms with Crippen molar-refractivity contribution >= 4 is 54.1 Å². The Hall–Kier alpha value is -5.11. The Morgan fingerprint density at radius 3 is 1.95 bits per heavy atom. The Morgan fingerprint density at radius 2 is 1.33 bits per heavy atom. The zero-order chi connectivity index (χ0) is 31.6. The summed E-state index contributed by atoms with van der Waals surface area (Å²) in [5, 5.41) is 31.0. The zero-order valence-electron chi connectivity index (χ0n) is 25.1. The number of hydrogen-bond donors (Lipinski definition) is 6. The van der Waals surface area contributed by atoms with E-state index in [1.165, 1.54) is 0 Å². The van der Waals surface area contributed by atoms with Gasteiger partial charge in [0.05, 0.1) is 5.71 Å². The molecule has 0 radical (unpaired) electrons. The van der Waals surface area contributed by atoms with Gasteiger partial charge in [-0.3, -0.25) is 9.59 Å². The molecule has 3 aromatic rings. The van der Waals surface area contributed by atoms with E-state index in [2.05, 4.69) is 34.7 Å². The standard InChI is InChI=1S/C35H38N4O4/c1-8-23-20(5)28-15-27(36)19(4)25(10-12-34(40)41)18(3)14-31-26(11-13-35(42)43)22(7)30(38-31)17-33-24(9-2)21(6)29(39-33)16-32(23)37-28/h8-9,14-17,36-39H,1-3,10-13H2,4-7H3,(H,40,41)(H,42,43)/b25-19-,28-15?,30-17-,31-14-,32-16?,36-27?. The van der Waals surface area contributed by atoms with Crippen LogP contribution in [0.25, 0.3) is 36.5 Å². The maximum atomic E-state index is 11.6. The van der Waals surface area contributed by atoms with E-state index in [9.17, 15) is 19.8 Å². The number of carboxylic acid groups (broad SMARTS) is 2. The van der Waals surface area contributed by atoms with Gasteiger partial charge in [0.25, 0.3) is 0 Å². The second-order valence-electron chi connectivity index (χ2n) is 10.9. The number of rotatable bonds is 8. The first-order valence-corrected chi connectivity index (χ1v) is 14.1. The van der Waals surface area contributed by atoms with Gasteiger partial charge in [0, 0.05) is 56.8 Å². The molecule has 4 heterocycles. The van der Waals surface area contributed by atoms with Gasteiger partial charge in [-0.05, 0) is 104 Å². The molecule has 8 nitrogen and oxygen atoms in total. The third-order valence-electron chi connectivity index (χ3n) is 8.20. The average molecular weight is 579 g/mol. The Labute approximate surface area is 250 Å². The molecule has 0 fully saturated rings. The van der Waals surface area contributed by atoms with E-state index < -0.39 is 11.9 Å². The van der Waals surface area contributed by atoms with Crippen LogP contribution < -0.4 is 21.4 Å². The van der Waals surface area contributed by atoms with Crippen molar-refractivity contribution in [1.29, 1.82) is 5.41 Å². The van der Waals surface area contributed by atoms with Crippen LogP contribution in [0.5, 0.6) is 0 Å². The number of aromatic amines is 3. The molecular weight excluding hydrogens is 540 g/mol. The van der Waals surface area contributed by atoms with Crippen LogP contribution in [-0.2, 0) is 16.0 Å². The number of carboxylic acids is 2. The van der Waals surface area contributed by atoms with E-state index in [1.54, 1.807) is 19.1 Å². The molecule has 0 saturated heterocycles. The molecule has 1 aliphatic heterocycles. The third-order valence-corrected chi connectivity index (χ3v) is 8.20. The van der Waals surface area contributed by atoms with Crippen molar-refractivity contribution in [3.63, 3.8) is 0 Å². The predicted molar refractivity (Wildman–Crippen MR) is 174 cm³/mol. The Kier molecular flexibility index (Phi) is 8.90. The van der Waals surface area contributed by atoms with E-state index in [-0.39, 0.29) is 25.0 Å². The lowest BCUT2D eigenvalue weighted by Crippen LogP contribution is -2.15. The highest BCUT2D eigenvalue weighted by molar-refractivity contribution is 6.19. The van der Waals surface area contributed by atoms with Crippen LogP contribution in [0, 0.1) is 26.2 Å². The number of fused-ring (bicyclic) bond motifs is 6. The first kappa shape index (κ1) is 30.8. The van der Waals surface area contributed by atoms with Gasteiger partial charge in [-0.2, -0.15) is 0 Å². The van der Waals surface area contributed by atoms with Gasteiger partial charge in [0.15, 0.2) is 0 Å². The smallest absolute Gasteiger partial charge is 0.303 e. The lowest BCUT2D eigenvalue weighted by molar-refractivity contribution is -0.138. The maximum Gasteiger partial charge on any atom is 0.303 e. The first-order valence-electron chi connectivity index (χ1n) is 14.1. The zero-order valence-corrected chi connectivity index (χ0v) is 25.1. The van der Waals surface area contributed by atoms with Crippen molar-refractivity contribution < 1.29 is 19.8 Å². The molecule has 3 aromatic heterocycles. The molecule has 0 spiro atoms. The number of H-pyrrole nitrogens is 3. The van der Waals surface area contributed by atoms with E-state index in [4.69, 9.17) is 5.41 Å². The molecule has 6 bridgehead atoms. The van der Waals surface area contributed by atoms with Crippen LogP contribution in [-0.4, -0.2) is 42.8 Å². The molecule has 43 heavy (non-hydrogen) atoms. The van der Waals surface area contributed by atoms with Crippen LogP contribution in [0.4, 0.5) is 0 Å². The normalized spacial score (nSPS) is 16.7. The Bertz CT molecular complexity index is 1990. The fourth-order valence-electron chi connectivity index (χ4n) is 5.64. The van der Waals surface area contributed by atoms with E-state index >= 15 is 0 Å². The lowest BCUT2D eigenvalue weighted by Gasteiger charge is -2.12. The van der Waals surface area contributed by atoms with Gasteiger partial charge in [0.2, 0.25) is 0 Å². The molecule has 1 aliphatic rings. The summed E-state index contributed by atoms with van der Waals surface area (Å²) < 4.78 is 0. The maximum absolute atomic E-state index is 11.6. The molecular formula is C35H38N4O4. The highest BCUT2D eigenvalue weighted by Gasteiger charge is 2.16. The molecule has 6 N–H and O–H groups in total. The fraction of sp³-hybridized carbons (Fsp3) is 0.229. The Morgan fingerprint density at radius 1 is 0.744 bits per heavy atom. The predicted octanol–water partition coefficient (Wildman–Crippen LogP) is 3.89. The van der Waals surface area contributed by atoms with Crippen molar-refractivity contribution in [2.75, 3.05) is 0 Å². The summed E-state index contributed by atoms with van der Waals surface area (Å²) in [4.78, 5) is 33.5. The lowest BCUT2D eigenvalue weighted by atomic mass is 9.93. The van der Waals surface area contributed by atoms with Crippen molar-refractivity contribution in [3.8, 4) is 0 Å². The van der Waals surface area contributed by atoms with E-state index in [0.717, 1.165) is 60.8 Å². The summed E-state index contributed by atoms with van der Waals surface area (Å²) in [5.41, 5.74) is 9.31.